The second-order valence-corrected chi connectivity index (χ2v) is 6.01. The second kappa shape index (κ2) is 7.65. The predicted octanol–water partition coefficient (Wildman–Crippen LogP) is 0.876. The van der Waals surface area contributed by atoms with Crippen molar-refractivity contribution in [3.8, 4) is 11.5 Å². The first kappa shape index (κ1) is 17.6. The number of aromatic amines is 1. The normalized spacial score (nSPS) is 11.3. The van der Waals surface area contributed by atoms with Crippen LogP contribution in [0.1, 0.15) is 11.1 Å². The maximum absolute atomic E-state index is 11.8. The molecular weight excluding hydrogens is 330 g/mol. The van der Waals surface area contributed by atoms with E-state index in [9.17, 15) is 9.59 Å². The van der Waals surface area contributed by atoms with Crippen LogP contribution in [0.5, 0.6) is 11.5 Å². The van der Waals surface area contributed by atoms with Crippen molar-refractivity contribution in [2.24, 2.45) is 0 Å². The van der Waals surface area contributed by atoms with Gasteiger partial charge in [0.2, 0.25) is 0 Å². The summed E-state index contributed by atoms with van der Waals surface area (Å²) >= 11 is 1.26. The fraction of sp³-hybridized carbons (Fsp3) is 0.176. The molecule has 0 bridgehead atoms. The maximum atomic E-state index is 11.8. The highest BCUT2D eigenvalue weighted by Gasteiger charge is 2.13. The second-order valence-electron chi connectivity index (χ2n) is 4.87. The Morgan fingerprint density at radius 3 is 2.75 bits per heavy atom. The van der Waals surface area contributed by atoms with Crippen LogP contribution in [-0.2, 0) is 11.2 Å². The lowest BCUT2D eigenvalue weighted by molar-refractivity contribution is -0.139. The molecule has 1 aromatic carbocycles. The largest absolute Gasteiger partial charge is 0.493 e. The first-order chi connectivity index (χ1) is 11.4. The van der Waals surface area contributed by atoms with E-state index in [4.69, 9.17) is 14.6 Å². The molecule has 0 aliphatic carbocycles. The summed E-state index contributed by atoms with van der Waals surface area (Å²) in [6.07, 6.45) is 3.86. The van der Waals surface area contributed by atoms with E-state index >= 15 is 0 Å². The molecule has 0 saturated heterocycles. The molecule has 0 atom stereocenters. The predicted molar refractivity (Wildman–Crippen MR) is 93.3 cm³/mol. The minimum atomic E-state index is -1.08. The molecule has 0 unspecified atom stereocenters. The standard InChI is InChI=1S/C17H17NO5S/c1-4-5-12-6-11(8-14-17(21)18-10(2)24-14)7-13(22-3)16(12)23-9-15(19)20/h4,6-8H,1-2,5,9H2,3H3,(H,18,21)(H,19,20)/b14-8-. The van der Waals surface area contributed by atoms with Crippen molar-refractivity contribution in [1.29, 1.82) is 0 Å². The summed E-state index contributed by atoms with van der Waals surface area (Å²) in [6.45, 7) is 6.93. The molecule has 24 heavy (non-hydrogen) atoms. The van der Waals surface area contributed by atoms with Gasteiger partial charge in [-0.25, -0.2) is 4.79 Å². The number of benzene rings is 1. The summed E-state index contributed by atoms with van der Waals surface area (Å²) in [4.78, 5) is 25.2. The smallest absolute Gasteiger partial charge is 0.341 e. The van der Waals surface area contributed by atoms with Gasteiger partial charge in [0, 0.05) is 5.56 Å². The Bertz CT molecular complexity index is 925. The lowest BCUT2D eigenvalue weighted by Crippen LogP contribution is -2.19. The average Bonchev–Trinajstić information content (AvgIpc) is 2.83. The Balaban J connectivity index is 2.57. The number of thiazole rings is 1. The molecule has 0 spiro atoms. The molecule has 1 aromatic heterocycles. The average molecular weight is 347 g/mol. The Morgan fingerprint density at radius 1 is 1.46 bits per heavy atom. The van der Waals surface area contributed by atoms with E-state index in [1.807, 2.05) is 6.07 Å². The monoisotopic (exact) mass is 347 g/mol. The first-order valence-corrected chi connectivity index (χ1v) is 7.82. The summed E-state index contributed by atoms with van der Waals surface area (Å²) in [7, 11) is 1.47. The highest BCUT2D eigenvalue weighted by Crippen LogP contribution is 2.33. The molecule has 0 amide bonds. The zero-order valence-corrected chi connectivity index (χ0v) is 13.9. The number of hydrogen-bond acceptors (Lipinski definition) is 5. The van der Waals surface area contributed by atoms with E-state index in [1.54, 1.807) is 18.2 Å². The summed E-state index contributed by atoms with van der Waals surface area (Å²) < 4.78 is 11.8. The van der Waals surface area contributed by atoms with Gasteiger partial charge in [-0.05, 0) is 30.2 Å². The van der Waals surface area contributed by atoms with E-state index < -0.39 is 12.6 Å². The Hall–Kier alpha value is -2.80. The Labute approximate surface area is 142 Å². The maximum Gasteiger partial charge on any atom is 0.341 e. The molecule has 6 nitrogen and oxygen atoms in total. The molecule has 0 fully saturated rings. The third-order valence-electron chi connectivity index (χ3n) is 3.09. The van der Waals surface area contributed by atoms with Gasteiger partial charge in [0.25, 0.3) is 5.56 Å². The van der Waals surface area contributed by atoms with Crippen LogP contribution in [0, 0.1) is 0 Å². The number of hydrogen-bond donors (Lipinski definition) is 2. The number of aromatic nitrogens is 1. The molecule has 126 valence electrons. The van der Waals surface area contributed by atoms with Gasteiger partial charge in [0.1, 0.15) is 0 Å². The third kappa shape index (κ3) is 4.14. The summed E-state index contributed by atoms with van der Waals surface area (Å²) in [5.41, 5.74) is 1.25. The fourth-order valence-electron chi connectivity index (χ4n) is 2.16. The Morgan fingerprint density at radius 2 is 2.21 bits per heavy atom. The van der Waals surface area contributed by atoms with Crippen molar-refractivity contribution in [3.63, 3.8) is 0 Å². The molecule has 0 saturated carbocycles. The van der Waals surface area contributed by atoms with Gasteiger partial charge >= 0.3 is 5.97 Å². The number of methoxy groups -OCH3 is 1. The quantitative estimate of drug-likeness (QED) is 0.726. The van der Waals surface area contributed by atoms with E-state index in [2.05, 4.69) is 18.1 Å². The number of nitrogens with one attached hydrogen (secondary N) is 1. The number of aliphatic carboxylic acids is 1. The number of carbonyl (C=O) groups is 1. The summed E-state index contributed by atoms with van der Waals surface area (Å²) in [6, 6.07) is 3.50. The van der Waals surface area contributed by atoms with Crippen LogP contribution in [0.2, 0.25) is 0 Å². The number of rotatable bonds is 7. The number of allylic oxidation sites excluding steroid dienone is 1. The third-order valence-corrected chi connectivity index (χ3v) is 3.96. The van der Waals surface area contributed by atoms with Crippen LogP contribution in [-0.4, -0.2) is 29.8 Å². The fourth-order valence-corrected chi connectivity index (χ4v) is 2.91. The van der Waals surface area contributed by atoms with Crippen LogP contribution < -0.4 is 24.2 Å². The van der Waals surface area contributed by atoms with Crippen molar-refractivity contribution in [2.45, 2.75) is 6.42 Å². The van der Waals surface area contributed by atoms with E-state index in [0.29, 0.717) is 27.1 Å². The van der Waals surface area contributed by atoms with Crippen molar-refractivity contribution < 1.29 is 19.4 Å². The number of carboxylic acid groups (broad SMARTS) is 1. The van der Waals surface area contributed by atoms with Gasteiger partial charge in [0.05, 0.1) is 16.3 Å². The number of carboxylic acids is 1. The molecular formula is C17H17NO5S. The van der Waals surface area contributed by atoms with Gasteiger partial charge < -0.3 is 19.6 Å². The van der Waals surface area contributed by atoms with Crippen LogP contribution in [0.4, 0.5) is 0 Å². The van der Waals surface area contributed by atoms with Crippen LogP contribution in [0.15, 0.2) is 29.6 Å². The van der Waals surface area contributed by atoms with Crippen molar-refractivity contribution in [2.75, 3.05) is 13.7 Å². The van der Waals surface area contributed by atoms with Crippen molar-refractivity contribution in [1.82, 2.24) is 4.98 Å². The lowest BCUT2D eigenvalue weighted by atomic mass is 10.1. The first-order valence-electron chi connectivity index (χ1n) is 7.00. The van der Waals surface area contributed by atoms with Crippen molar-refractivity contribution >= 4 is 30.0 Å². The van der Waals surface area contributed by atoms with Gasteiger partial charge in [-0.3, -0.25) is 4.79 Å². The SMILES string of the molecule is C=CCc1cc(/C=c2\sc(=C)[nH]c2=O)cc(OC)c1OCC(=O)O. The van der Waals surface area contributed by atoms with Crippen LogP contribution in [0.3, 0.4) is 0 Å². The molecule has 0 aliphatic rings. The molecule has 0 radical (unpaired) electrons. The Kier molecular flexibility index (Phi) is 5.59. The molecule has 0 aliphatic heterocycles. The van der Waals surface area contributed by atoms with Gasteiger partial charge in [0.15, 0.2) is 18.1 Å². The number of ether oxygens (including phenoxy) is 2. The molecule has 2 rings (SSSR count). The van der Waals surface area contributed by atoms with Gasteiger partial charge in [-0.1, -0.05) is 12.7 Å². The van der Waals surface area contributed by atoms with Crippen LogP contribution >= 0.6 is 11.3 Å². The minimum Gasteiger partial charge on any atom is -0.493 e. The van der Waals surface area contributed by atoms with Crippen LogP contribution in [0.25, 0.3) is 12.7 Å². The highest BCUT2D eigenvalue weighted by molar-refractivity contribution is 7.07. The van der Waals surface area contributed by atoms with Gasteiger partial charge in [-0.2, -0.15) is 0 Å². The van der Waals surface area contributed by atoms with E-state index in [1.165, 1.54) is 18.4 Å². The molecule has 1 heterocycles. The molecule has 2 N–H and O–H groups in total. The zero-order valence-electron chi connectivity index (χ0n) is 13.1. The highest BCUT2D eigenvalue weighted by atomic mass is 32.1. The lowest BCUT2D eigenvalue weighted by Gasteiger charge is -2.14. The topological polar surface area (TPSA) is 88.6 Å². The number of H-pyrrole nitrogens is 1. The van der Waals surface area contributed by atoms with E-state index in [0.717, 1.165) is 11.1 Å². The minimum absolute atomic E-state index is 0.208. The molecule has 7 heteroatoms. The zero-order chi connectivity index (χ0) is 17.7. The summed E-state index contributed by atoms with van der Waals surface area (Å²) in [5, 5.41) is 8.81. The summed E-state index contributed by atoms with van der Waals surface area (Å²) in [5.74, 6) is -0.329. The van der Waals surface area contributed by atoms with E-state index in [-0.39, 0.29) is 5.56 Å². The molecule has 2 aromatic rings. The van der Waals surface area contributed by atoms with Gasteiger partial charge in [-0.15, -0.1) is 17.9 Å². The van der Waals surface area contributed by atoms with Crippen molar-refractivity contribution in [3.05, 3.63) is 55.5 Å².